The van der Waals surface area contributed by atoms with Crippen LogP contribution in [0.15, 0.2) is 6.07 Å². The van der Waals surface area contributed by atoms with Gasteiger partial charge in [-0.1, -0.05) is 13.3 Å². The van der Waals surface area contributed by atoms with Crippen molar-refractivity contribution in [3.63, 3.8) is 0 Å². The summed E-state index contributed by atoms with van der Waals surface area (Å²) in [5.74, 6) is -0.430. The molecule has 1 aromatic heterocycles. The summed E-state index contributed by atoms with van der Waals surface area (Å²) >= 11 is 1.65. The van der Waals surface area contributed by atoms with Crippen LogP contribution in [0.2, 0.25) is 0 Å². The van der Waals surface area contributed by atoms with Gasteiger partial charge >= 0.3 is 0 Å². The molecule has 1 spiro atoms. The number of anilines is 1. The van der Waals surface area contributed by atoms with Crippen molar-refractivity contribution in [3.8, 4) is 0 Å². The van der Waals surface area contributed by atoms with Gasteiger partial charge in [0.15, 0.2) is 5.79 Å². The van der Waals surface area contributed by atoms with Crippen molar-refractivity contribution in [1.82, 2.24) is 0 Å². The van der Waals surface area contributed by atoms with E-state index in [4.69, 9.17) is 9.47 Å². The van der Waals surface area contributed by atoms with Crippen molar-refractivity contribution in [2.45, 2.75) is 57.8 Å². The lowest BCUT2D eigenvalue weighted by Gasteiger charge is -2.31. The largest absolute Gasteiger partial charge is 0.347 e. The number of fused-ring (bicyclic) bond motifs is 1. The minimum Gasteiger partial charge on any atom is -0.347 e. The second-order valence-electron chi connectivity index (χ2n) is 5.67. The highest BCUT2D eigenvalue weighted by Gasteiger charge is 2.44. The van der Waals surface area contributed by atoms with Crippen LogP contribution in [0.1, 0.15) is 43.6 Å². The molecular weight excluding hydrogens is 274 g/mol. The van der Waals surface area contributed by atoms with Gasteiger partial charge in [0.05, 0.1) is 17.7 Å². The van der Waals surface area contributed by atoms with Gasteiger partial charge in [0, 0.05) is 24.6 Å². The predicted molar refractivity (Wildman–Crippen MR) is 79.1 cm³/mol. The lowest BCUT2D eigenvalue weighted by Crippen LogP contribution is -2.37. The number of hydrogen-bond donors (Lipinski definition) is 1. The number of carbonyl (C=O) groups excluding carboxylic acids is 1. The van der Waals surface area contributed by atoms with E-state index in [2.05, 4.69) is 18.3 Å². The van der Waals surface area contributed by atoms with Gasteiger partial charge in [-0.25, -0.2) is 0 Å². The number of rotatable bonds is 3. The fourth-order valence-corrected chi connectivity index (χ4v) is 4.27. The zero-order valence-corrected chi connectivity index (χ0v) is 12.8. The number of hydrogen-bond acceptors (Lipinski definition) is 4. The smallest absolute Gasteiger partial charge is 0.221 e. The highest BCUT2D eigenvalue weighted by atomic mass is 32.1. The minimum absolute atomic E-state index is 0.0188. The van der Waals surface area contributed by atoms with E-state index in [1.807, 2.05) is 0 Å². The zero-order valence-electron chi connectivity index (χ0n) is 12.0. The Hall–Kier alpha value is -0.910. The first-order chi connectivity index (χ1) is 9.60. The zero-order chi connectivity index (χ0) is 14.2. The van der Waals surface area contributed by atoms with Crippen LogP contribution in [0.25, 0.3) is 0 Å². The van der Waals surface area contributed by atoms with Crippen LogP contribution in [0.3, 0.4) is 0 Å². The Morgan fingerprint density at radius 1 is 1.60 bits per heavy atom. The van der Waals surface area contributed by atoms with Gasteiger partial charge in [0.1, 0.15) is 0 Å². The molecule has 0 saturated carbocycles. The highest BCUT2D eigenvalue weighted by Crippen LogP contribution is 2.42. The Bertz CT molecular complexity index is 513. The summed E-state index contributed by atoms with van der Waals surface area (Å²) < 4.78 is 12.2. The number of carbonyl (C=O) groups is 1. The molecule has 5 heteroatoms. The molecule has 1 aliphatic heterocycles. The first-order valence-electron chi connectivity index (χ1n) is 7.31. The van der Waals surface area contributed by atoms with E-state index in [1.165, 1.54) is 10.4 Å². The summed E-state index contributed by atoms with van der Waals surface area (Å²) in [7, 11) is 0. The van der Waals surface area contributed by atoms with E-state index in [0.29, 0.717) is 6.61 Å². The standard InChI is InChI=1S/C15H21NO3S/c1-3-4-12-9-18-15(19-12)6-5-11-7-14(16-10(2)17)20-13(11)8-15/h7,12H,3-6,8-9H2,1-2H3,(H,16,17). The Morgan fingerprint density at radius 2 is 2.45 bits per heavy atom. The average molecular weight is 295 g/mol. The van der Waals surface area contributed by atoms with Crippen molar-refractivity contribution in [3.05, 3.63) is 16.5 Å². The molecule has 3 rings (SSSR count). The molecule has 1 aliphatic carbocycles. The Kier molecular flexibility index (Phi) is 3.84. The molecule has 1 fully saturated rings. The SMILES string of the molecule is CCCC1COC2(CCc3cc(NC(C)=O)sc3C2)O1. The number of ether oxygens (including phenoxy) is 2. The predicted octanol–water partition coefficient (Wildman–Crippen LogP) is 3.11. The summed E-state index contributed by atoms with van der Waals surface area (Å²) in [5, 5.41) is 3.80. The van der Waals surface area contributed by atoms with Gasteiger partial charge in [-0.15, -0.1) is 11.3 Å². The number of amides is 1. The average Bonchev–Trinajstić information content (AvgIpc) is 2.93. The minimum atomic E-state index is -0.412. The van der Waals surface area contributed by atoms with Crippen molar-refractivity contribution in [2.75, 3.05) is 11.9 Å². The van der Waals surface area contributed by atoms with E-state index < -0.39 is 5.79 Å². The second-order valence-corrected chi connectivity index (χ2v) is 6.80. The van der Waals surface area contributed by atoms with Crippen LogP contribution in [-0.2, 0) is 27.1 Å². The van der Waals surface area contributed by atoms with E-state index in [-0.39, 0.29) is 12.0 Å². The first kappa shape index (κ1) is 14.0. The van der Waals surface area contributed by atoms with Crippen molar-refractivity contribution in [1.29, 1.82) is 0 Å². The summed E-state index contributed by atoms with van der Waals surface area (Å²) in [6.07, 6.45) is 5.13. The van der Waals surface area contributed by atoms with Crippen molar-refractivity contribution in [2.24, 2.45) is 0 Å². The monoisotopic (exact) mass is 295 g/mol. The summed E-state index contributed by atoms with van der Waals surface area (Å²) in [4.78, 5) is 12.4. The molecule has 1 N–H and O–H groups in total. The molecule has 0 bridgehead atoms. The van der Waals surface area contributed by atoms with Crippen LogP contribution in [0, 0.1) is 0 Å². The Morgan fingerprint density at radius 3 is 3.20 bits per heavy atom. The van der Waals surface area contributed by atoms with Crippen LogP contribution >= 0.6 is 11.3 Å². The normalized spacial score (nSPS) is 28.6. The summed E-state index contributed by atoms with van der Waals surface area (Å²) in [5.41, 5.74) is 1.33. The van der Waals surface area contributed by atoms with Crippen molar-refractivity contribution >= 4 is 22.2 Å². The highest BCUT2D eigenvalue weighted by molar-refractivity contribution is 7.16. The molecule has 2 heterocycles. The lowest BCUT2D eigenvalue weighted by molar-refractivity contribution is -0.174. The maximum absolute atomic E-state index is 11.1. The molecule has 1 saturated heterocycles. The molecule has 0 aromatic carbocycles. The summed E-state index contributed by atoms with van der Waals surface area (Å²) in [6, 6.07) is 2.09. The molecule has 20 heavy (non-hydrogen) atoms. The summed E-state index contributed by atoms with van der Waals surface area (Å²) in [6.45, 7) is 4.43. The fourth-order valence-electron chi connectivity index (χ4n) is 3.03. The third kappa shape index (κ3) is 2.75. The third-order valence-electron chi connectivity index (χ3n) is 3.93. The quantitative estimate of drug-likeness (QED) is 0.932. The molecule has 2 atom stereocenters. The Labute approximate surface area is 123 Å². The van der Waals surface area contributed by atoms with E-state index >= 15 is 0 Å². The number of nitrogens with one attached hydrogen (secondary N) is 1. The van der Waals surface area contributed by atoms with E-state index in [9.17, 15) is 4.79 Å². The molecule has 4 nitrogen and oxygen atoms in total. The van der Waals surface area contributed by atoms with Gasteiger partial charge in [0.2, 0.25) is 5.91 Å². The van der Waals surface area contributed by atoms with Crippen LogP contribution in [0.4, 0.5) is 5.00 Å². The molecular formula is C15H21NO3S. The number of thiophene rings is 1. The van der Waals surface area contributed by atoms with Crippen LogP contribution < -0.4 is 5.32 Å². The molecule has 1 amide bonds. The maximum Gasteiger partial charge on any atom is 0.221 e. The molecule has 2 unspecified atom stereocenters. The van der Waals surface area contributed by atoms with Gasteiger partial charge in [0.25, 0.3) is 0 Å². The molecule has 0 radical (unpaired) electrons. The molecule has 110 valence electrons. The van der Waals surface area contributed by atoms with Crippen LogP contribution in [0.5, 0.6) is 0 Å². The van der Waals surface area contributed by atoms with Gasteiger partial charge < -0.3 is 14.8 Å². The molecule has 2 aliphatic rings. The van der Waals surface area contributed by atoms with E-state index in [1.54, 1.807) is 18.3 Å². The van der Waals surface area contributed by atoms with E-state index in [0.717, 1.165) is 37.1 Å². The van der Waals surface area contributed by atoms with Crippen molar-refractivity contribution < 1.29 is 14.3 Å². The topological polar surface area (TPSA) is 47.6 Å². The van der Waals surface area contributed by atoms with Gasteiger partial charge in [-0.3, -0.25) is 4.79 Å². The van der Waals surface area contributed by atoms with Gasteiger partial charge in [-0.05, 0) is 24.5 Å². The Balaban J connectivity index is 1.72. The third-order valence-corrected chi connectivity index (χ3v) is 5.02. The maximum atomic E-state index is 11.1. The number of aryl methyl sites for hydroxylation is 1. The lowest BCUT2D eigenvalue weighted by atomic mass is 9.93. The molecule has 1 aromatic rings. The van der Waals surface area contributed by atoms with Crippen LogP contribution in [-0.4, -0.2) is 24.4 Å². The first-order valence-corrected chi connectivity index (χ1v) is 8.13. The van der Waals surface area contributed by atoms with Gasteiger partial charge in [-0.2, -0.15) is 0 Å². The fraction of sp³-hybridized carbons (Fsp3) is 0.667. The second kappa shape index (κ2) is 5.47.